The van der Waals surface area contributed by atoms with Crippen LogP contribution in [0.4, 0.5) is 37.7 Å². The molecule has 1 fully saturated rings. The average molecular weight is 617 g/mol. The lowest BCUT2D eigenvalue weighted by Gasteiger charge is -2.30. The Morgan fingerprint density at radius 2 is 1.70 bits per heavy atom. The lowest BCUT2D eigenvalue weighted by Crippen LogP contribution is -2.41. The highest BCUT2D eigenvalue weighted by atomic mass is 32.2. The average Bonchev–Trinajstić information content (AvgIpc) is 3.63. The highest BCUT2D eigenvalue weighted by molar-refractivity contribution is 7.89. The van der Waals surface area contributed by atoms with Crippen LogP contribution in [0.1, 0.15) is 38.2 Å². The highest BCUT2D eigenvalue weighted by Crippen LogP contribution is 2.48. The van der Waals surface area contributed by atoms with Crippen LogP contribution in [-0.2, 0) is 26.3 Å². The molecule has 0 amide bonds. The minimum Gasteiger partial charge on any atom is -0.491 e. The first-order valence-corrected chi connectivity index (χ1v) is 14.9. The molecule has 2 aliphatic rings. The fourth-order valence-corrected chi connectivity index (χ4v) is 6.86. The monoisotopic (exact) mass is 616 g/mol. The SMILES string of the molecule is CN1C(CCC(C)(F)F)CN(c2ccc(F)cc2)c2cc(C(F)(F)F)c(OCC3(S(=O)(=O)O)CC3)cc2S1(=O)=O. The van der Waals surface area contributed by atoms with E-state index in [1.54, 1.807) is 0 Å². The molecular formula is C24H26F6N2O6S2. The van der Waals surface area contributed by atoms with Crippen molar-refractivity contribution in [3.05, 3.63) is 47.8 Å². The number of sulfonamides is 1. The van der Waals surface area contributed by atoms with Crippen LogP contribution in [0, 0.1) is 5.82 Å². The van der Waals surface area contributed by atoms with Gasteiger partial charge in [-0.3, -0.25) is 4.55 Å². The van der Waals surface area contributed by atoms with E-state index in [9.17, 15) is 47.7 Å². The van der Waals surface area contributed by atoms with E-state index < -0.39 is 83.8 Å². The second-order valence-corrected chi connectivity index (χ2v) is 13.9. The summed E-state index contributed by atoms with van der Waals surface area (Å²) in [7, 11) is -8.18. The first-order valence-electron chi connectivity index (χ1n) is 12.0. The van der Waals surface area contributed by atoms with Crippen molar-refractivity contribution in [1.29, 1.82) is 0 Å². The van der Waals surface area contributed by atoms with E-state index in [1.165, 1.54) is 17.0 Å². The number of halogens is 6. The van der Waals surface area contributed by atoms with E-state index >= 15 is 0 Å². The molecule has 1 unspecified atom stereocenters. The number of hydrogen-bond acceptors (Lipinski definition) is 6. The molecule has 0 saturated heterocycles. The van der Waals surface area contributed by atoms with Gasteiger partial charge in [0.1, 0.15) is 27.8 Å². The first kappa shape index (κ1) is 30.4. The molecule has 1 aliphatic heterocycles. The topological polar surface area (TPSA) is 104 Å². The van der Waals surface area contributed by atoms with E-state index in [1.807, 2.05) is 0 Å². The van der Waals surface area contributed by atoms with Crippen LogP contribution in [0.3, 0.4) is 0 Å². The van der Waals surface area contributed by atoms with Crippen molar-refractivity contribution in [3.63, 3.8) is 0 Å². The second-order valence-electron chi connectivity index (χ2n) is 10.1. The maximum atomic E-state index is 14.2. The van der Waals surface area contributed by atoms with E-state index in [0.717, 1.165) is 23.5 Å². The van der Waals surface area contributed by atoms with Gasteiger partial charge < -0.3 is 9.64 Å². The van der Waals surface area contributed by atoms with E-state index in [2.05, 4.69) is 0 Å². The molecule has 1 heterocycles. The molecule has 8 nitrogen and oxygen atoms in total. The van der Waals surface area contributed by atoms with Crippen LogP contribution >= 0.6 is 0 Å². The number of anilines is 2. The zero-order valence-corrected chi connectivity index (χ0v) is 22.9. The third-order valence-electron chi connectivity index (χ3n) is 7.12. The van der Waals surface area contributed by atoms with Crippen LogP contribution in [-0.4, -0.2) is 62.6 Å². The fourth-order valence-electron chi connectivity index (χ4n) is 4.47. The summed E-state index contributed by atoms with van der Waals surface area (Å²) >= 11 is 0. The molecule has 1 aliphatic carbocycles. The summed E-state index contributed by atoms with van der Waals surface area (Å²) < 4.78 is 148. The van der Waals surface area contributed by atoms with Crippen LogP contribution in [0.5, 0.6) is 5.75 Å². The van der Waals surface area contributed by atoms with Gasteiger partial charge in [-0.25, -0.2) is 21.6 Å². The molecule has 222 valence electrons. The van der Waals surface area contributed by atoms with Crippen LogP contribution in [0.15, 0.2) is 41.3 Å². The Morgan fingerprint density at radius 1 is 1.10 bits per heavy atom. The number of fused-ring (bicyclic) bond motifs is 1. The van der Waals surface area contributed by atoms with Crippen molar-refractivity contribution in [2.75, 3.05) is 25.1 Å². The van der Waals surface area contributed by atoms with Gasteiger partial charge in [0, 0.05) is 37.8 Å². The standard InChI is InChI=1S/C24H26F6N2O6S2/c1-22(26,27)8-7-17-13-32(16-5-3-15(25)4-6-16)19-11-18(24(28,29)30)20(12-21(19)39(33,34)31(17)2)38-14-23(9-10-23)40(35,36)37/h3-6,11-12,17H,7-10,13-14H2,1-2H3,(H,35,36,37). The Bertz CT molecular complexity index is 1490. The minimum atomic E-state index is -5.10. The van der Waals surface area contributed by atoms with Crippen LogP contribution in [0.25, 0.3) is 0 Å². The molecule has 2 aromatic rings. The summed E-state index contributed by atoms with van der Waals surface area (Å²) in [5.41, 5.74) is -1.78. The third kappa shape index (κ3) is 6.04. The number of hydrogen-bond donors (Lipinski definition) is 1. The number of alkyl halides is 5. The zero-order valence-electron chi connectivity index (χ0n) is 21.3. The normalized spacial score (nSPS) is 21.0. The molecule has 2 aromatic carbocycles. The predicted octanol–water partition coefficient (Wildman–Crippen LogP) is 5.22. The number of benzene rings is 2. The predicted molar refractivity (Wildman–Crippen MR) is 132 cm³/mol. The number of ether oxygens (including phenoxy) is 1. The Morgan fingerprint density at radius 3 is 2.20 bits per heavy atom. The van der Waals surface area contributed by atoms with E-state index in [0.29, 0.717) is 19.1 Å². The van der Waals surface area contributed by atoms with E-state index in [-0.39, 0.29) is 31.5 Å². The summed E-state index contributed by atoms with van der Waals surface area (Å²) in [6.45, 7) is -0.545. The zero-order chi connectivity index (χ0) is 29.9. The van der Waals surface area contributed by atoms with Crippen LogP contribution < -0.4 is 9.64 Å². The molecular weight excluding hydrogens is 590 g/mol. The molecule has 1 N–H and O–H groups in total. The van der Waals surface area contributed by atoms with Gasteiger partial charge in [-0.1, -0.05) is 0 Å². The molecule has 0 radical (unpaired) electrons. The molecule has 40 heavy (non-hydrogen) atoms. The molecule has 1 saturated carbocycles. The smallest absolute Gasteiger partial charge is 0.420 e. The van der Waals surface area contributed by atoms with Gasteiger partial charge in [-0.2, -0.15) is 25.9 Å². The molecule has 4 rings (SSSR count). The summed E-state index contributed by atoms with van der Waals surface area (Å²) in [5.74, 6) is -4.81. The van der Waals surface area contributed by atoms with Crippen molar-refractivity contribution < 1.29 is 52.5 Å². The van der Waals surface area contributed by atoms with Gasteiger partial charge in [0.05, 0.1) is 11.3 Å². The summed E-state index contributed by atoms with van der Waals surface area (Å²) in [5, 5.41) is 0. The van der Waals surface area contributed by atoms with Gasteiger partial charge in [-0.05, 0) is 56.5 Å². The van der Waals surface area contributed by atoms with Crippen molar-refractivity contribution >= 4 is 31.5 Å². The fraction of sp³-hybridized carbons (Fsp3) is 0.500. The van der Waals surface area contributed by atoms with Gasteiger partial charge >= 0.3 is 6.18 Å². The van der Waals surface area contributed by atoms with Crippen molar-refractivity contribution in [1.82, 2.24) is 4.31 Å². The molecule has 0 spiro atoms. The van der Waals surface area contributed by atoms with Crippen molar-refractivity contribution in [3.8, 4) is 5.75 Å². The Kier molecular flexibility index (Phi) is 7.65. The molecule has 0 aromatic heterocycles. The molecule has 0 bridgehead atoms. The molecule has 1 atom stereocenters. The molecule has 16 heteroatoms. The number of likely N-dealkylation sites (N-methyl/N-ethyl adjacent to an activating group) is 1. The first-order chi connectivity index (χ1) is 18.3. The maximum Gasteiger partial charge on any atom is 0.420 e. The Labute approximate surface area is 227 Å². The summed E-state index contributed by atoms with van der Waals surface area (Å²) in [6, 6.07) is 4.45. The Balaban J connectivity index is 1.89. The lowest BCUT2D eigenvalue weighted by molar-refractivity contribution is -0.139. The maximum absolute atomic E-state index is 14.2. The van der Waals surface area contributed by atoms with Crippen LogP contribution in [0.2, 0.25) is 0 Å². The Hall–Kier alpha value is -2.56. The lowest BCUT2D eigenvalue weighted by atomic mass is 10.1. The van der Waals surface area contributed by atoms with E-state index in [4.69, 9.17) is 4.74 Å². The van der Waals surface area contributed by atoms with Gasteiger partial charge in [-0.15, -0.1) is 0 Å². The van der Waals surface area contributed by atoms with Crippen molar-refractivity contribution in [2.24, 2.45) is 0 Å². The minimum absolute atomic E-state index is 0.0682. The largest absolute Gasteiger partial charge is 0.491 e. The van der Waals surface area contributed by atoms with Gasteiger partial charge in [0.15, 0.2) is 0 Å². The number of nitrogens with zero attached hydrogens (tertiary/aromatic N) is 2. The van der Waals surface area contributed by atoms with Crippen molar-refractivity contribution in [2.45, 2.75) is 60.4 Å². The van der Waals surface area contributed by atoms with Gasteiger partial charge in [0.2, 0.25) is 15.9 Å². The quantitative estimate of drug-likeness (QED) is 0.321. The summed E-state index contributed by atoms with van der Waals surface area (Å²) in [4.78, 5) is 0.512. The summed E-state index contributed by atoms with van der Waals surface area (Å²) in [6.07, 6.45) is -6.30. The van der Waals surface area contributed by atoms with Gasteiger partial charge in [0.25, 0.3) is 10.1 Å². The number of rotatable bonds is 8. The second kappa shape index (κ2) is 10.1. The third-order valence-corrected chi connectivity index (χ3v) is 10.7. The highest BCUT2D eigenvalue weighted by Gasteiger charge is 2.55.